The van der Waals surface area contributed by atoms with Crippen LogP contribution in [0, 0.1) is 6.92 Å². The van der Waals surface area contributed by atoms with Gasteiger partial charge in [0.2, 0.25) is 0 Å². The number of aliphatic hydroxyl groups is 1. The largest absolute Gasteiger partial charge is 0.449 e. The van der Waals surface area contributed by atoms with Crippen LogP contribution in [0.15, 0.2) is 10.7 Å². The summed E-state index contributed by atoms with van der Waals surface area (Å²) in [6.45, 7) is 6.38. The fourth-order valence-electron chi connectivity index (χ4n) is 1.02. The van der Waals surface area contributed by atoms with Crippen molar-refractivity contribution in [2.75, 3.05) is 13.2 Å². The monoisotopic (exact) mass is 185 g/mol. The number of aryl methyl sites for hydroxylation is 1. The summed E-state index contributed by atoms with van der Waals surface area (Å²) in [6, 6.07) is 0. The van der Waals surface area contributed by atoms with Crippen molar-refractivity contribution in [2.45, 2.75) is 26.4 Å². The second-order valence-corrected chi connectivity index (χ2v) is 2.78. The number of nitrogens with zero attached hydrogens (tertiary/aromatic N) is 1. The first-order chi connectivity index (χ1) is 6.21. The third kappa shape index (κ3) is 1.89. The zero-order chi connectivity index (χ0) is 9.90. The first-order valence-corrected chi connectivity index (χ1v) is 4.43. The topological polar surface area (TPSA) is 55.5 Å². The maximum absolute atomic E-state index is 9.65. The average molecular weight is 185 g/mol. The molecule has 1 aromatic heterocycles. The summed E-state index contributed by atoms with van der Waals surface area (Å²) in [5.74, 6) is 0.570. The smallest absolute Gasteiger partial charge is 0.191 e. The van der Waals surface area contributed by atoms with Gasteiger partial charge in [-0.2, -0.15) is 0 Å². The lowest BCUT2D eigenvalue weighted by molar-refractivity contribution is -0.186. The van der Waals surface area contributed by atoms with Gasteiger partial charge in [0.1, 0.15) is 12.0 Å². The van der Waals surface area contributed by atoms with Gasteiger partial charge >= 0.3 is 0 Å². The highest BCUT2D eigenvalue weighted by molar-refractivity contribution is 5.11. The first-order valence-electron chi connectivity index (χ1n) is 4.43. The van der Waals surface area contributed by atoms with Gasteiger partial charge in [-0.1, -0.05) is 13.8 Å². The van der Waals surface area contributed by atoms with Crippen LogP contribution in [-0.4, -0.2) is 23.3 Å². The van der Waals surface area contributed by atoms with Crippen LogP contribution in [0.1, 0.15) is 25.4 Å². The van der Waals surface area contributed by atoms with Gasteiger partial charge in [-0.25, -0.2) is 4.98 Å². The van der Waals surface area contributed by atoms with Crippen LogP contribution < -0.4 is 0 Å². The molecule has 1 aromatic rings. The van der Waals surface area contributed by atoms with E-state index >= 15 is 0 Å². The summed E-state index contributed by atoms with van der Waals surface area (Å²) in [5, 5.41) is 9.65. The Balaban J connectivity index is 0.000000396. The van der Waals surface area contributed by atoms with Gasteiger partial charge in [-0.15, -0.1) is 0 Å². The van der Waals surface area contributed by atoms with E-state index in [0.29, 0.717) is 24.8 Å². The number of hydrogen-bond acceptors (Lipinski definition) is 4. The second kappa shape index (κ2) is 3.89. The van der Waals surface area contributed by atoms with E-state index in [1.54, 1.807) is 6.92 Å². The average Bonchev–Trinajstić information content (AvgIpc) is 2.52. The van der Waals surface area contributed by atoms with Crippen molar-refractivity contribution in [3.63, 3.8) is 0 Å². The molecular weight excluding hydrogens is 170 g/mol. The standard InChI is InChI=1S/C7H9NO3.C2H6/c1-5-8-6(2-11-5)7(9)3-10-4-7;1-2/h2,9H,3-4H2,1H3;1-2H3. The van der Waals surface area contributed by atoms with Gasteiger partial charge in [0, 0.05) is 6.92 Å². The molecule has 4 nitrogen and oxygen atoms in total. The third-order valence-electron chi connectivity index (χ3n) is 1.78. The van der Waals surface area contributed by atoms with Gasteiger partial charge < -0.3 is 14.3 Å². The van der Waals surface area contributed by atoms with E-state index in [-0.39, 0.29) is 0 Å². The molecule has 2 rings (SSSR count). The Morgan fingerprint density at radius 2 is 2.08 bits per heavy atom. The van der Waals surface area contributed by atoms with Crippen LogP contribution in [0.3, 0.4) is 0 Å². The summed E-state index contributed by atoms with van der Waals surface area (Å²) < 4.78 is 9.83. The molecule has 13 heavy (non-hydrogen) atoms. The molecule has 0 unspecified atom stereocenters. The van der Waals surface area contributed by atoms with E-state index < -0.39 is 5.60 Å². The van der Waals surface area contributed by atoms with Crippen molar-refractivity contribution in [2.24, 2.45) is 0 Å². The molecule has 74 valence electrons. The molecule has 0 aromatic carbocycles. The molecule has 0 radical (unpaired) electrons. The SMILES string of the molecule is CC.Cc1nc(C2(O)COC2)co1. The molecule has 0 bridgehead atoms. The van der Waals surface area contributed by atoms with Crippen LogP contribution in [0.2, 0.25) is 0 Å². The normalized spacial score (nSPS) is 18.5. The van der Waals surface area contributed by atoms with Gasteiger partial charge in [-0.3, -0.25) is 0 Å². The molecule has 1 saturated heterocycles. The Labute approximate surface area is 77.5 Å². The van der Waals surface area contributed by atoms with Crippen molar-refractivity contribution < 1.29 is 14.3 Å². The third-order valence-corrected chi connectivity index (χ3v) is 1.78. The van der Waals surface area contributed by atoms with Gasteiger partial charge in [0.25, 0.3) is 0 Å². The quantitative estimate of drug-likeness (QED) is 0.714. The maximum Gasteiger partial charge on any atom is 0.191 e. The lowest BCUT2D eigenvalue weighted by atomic mass is 9.99. The predicted molar refractivity (Wildman–Crippen MR) is 47.3 cm³/mol. The van der Waals surface area contributed by atoms with Crippen LogP contribution in [-0.2, 0) is 10.3 Å². The van der Waals surface area contributed by atoms with E-state index in [9.17, 15) is 5.11 Å². The van der Waals surface area contributed by atoms with Crippen molar-refractivity contribution in [1.82, 2.24) is 4.98 Å². The van der Waals surface area contributed by atoms with E-state index in [1.165, 1.54) is 6.26 Å². The van der Waals surface area contributed by atoms with Crippen LogP contribution in [0.4, 0.5) is 0 Å². The number of ether oxygens (including phenoxy) is 1. The van der Waals surface area contributed by atoms with E-state index in [4.69, 9.17) is 9.15 Å². The van der Waals surface area contributed by atoms with E-state index in [1.807, 2.05) is 13.8 Å². The predicted octanol–water partition coefficient (Wildman–Crippen LogP) is 1.23. The van der Waals surface area contributed by atoms with Crippen molar-refractivity contribution in [3.05, 3.63) is 17.8 Å². The lowest BCUT2D eigenvalue weighted by Gasteiger charge is -2.34. The summed E-state index contributed by atoms with van der Waals surface area (Å²) >= 11 is 0. The molecule has 2 heterocycles. The molecule has 1 fully saturated rings. The van der Waals surface area contributed by atoms with E-state index in [0.717, 1.165) is 0 Å². The second-order valence-electron chi connectivity index (χ2n) is 2.78. The zero-order valence-corrected chi connectivity index (χ0v) is 8.20. The number of hydrogen-bond donors (Lipinski definition) is 1. The summed E-state index contributed by atoms with van der Waals surface area (Å²) in [7, 11) is 0. The maximum atomic E-state index is 9.65. The Bertz CT molecular complexity index is 266. The van der Waals surface area contributed by atoms with E-state index in [2.05, 4.69) is 4.98 Å². The van der Waals surface area contributed by atoms with Crippen molar-refractivity contribution >= 4 is 0 Å². The van der Waals surface area contributed by atoms with Crippen LogP contribution >= 0.6 is 0 Å². The Hall–Kier alpha value is -0.870. The minimum Gasteiger partial charge on any atom is -0.449 e. The Morgan fingerprint density at radius 1 is 1.46 bits per heavy atom. The Morgan fingerprint density at radius 3 is 2.38 bits per heavy atom. The molecule has 0 aliphatic carbocycles. The highest BCUT2D eigenvalue weighted by Crippen LogP contribution is 2.28. The Kier molecular flexibility index (Phi) is 3.06. The molecule has 0 amide bonds. The molecule has 0 atom stereocenters. The summed E-state index contributed by atoms with van der Waals surface area (Å²) in [5.41, 5.74) is -0.321. The lowest BCUT2D eigenvalue weighted by Crippen LogP contribution is -2.46. The molecule has 4 heteroatoms. The summed E-state index contributed by atoms with van der Waals surface area (Å²) in [4.78, 5) is 4.01. The minimum absolute atomic E-state index is 0.318. The highest BCUT2D eigenvalue weighted by atomic mass is 16.5. The number of rotatable bonds is 1. The van der Waals surface area contributed by atoms with Crippen LogP contribution in [0.5, 0.6) is 0 Å². The van der Waals surface area contributed by atoms with Gasteiger partial charge in [0.15, 0.2) is 11.5 Å². The van der Waals surface area contributed by atoms with Gasteiger partial charge in [-0.05, 0) is 0 Å². The van der Waals surface area contributed by atoms with Crippen LogP contribution in [0.25, 0.3) is 0 Å². The fourth-order valence-corrected chi connectivity index (χ4v) is 1.02. The van der Waals surface area contributed by atoms with Crippen molar-refractivity contribution in [3.8, 4) is 0 Å². The molecule has 1 aliphatic heterocycles. The molecule has 0 saturated carbocycles. The van der Waals surface area contributed by atoms with Gasteiger partial charge in [0.05, 0.1) is 13.2 Å². The van der Waals surface area contributed by atoms with Crippen molar-refractivity contribution in [1.29, 1.82) is 0 Å². The fraction of sp³-hybridized carbons (Fsp3) is 0.667. The number of oxazole rings is 1. The molecule has 1 aliphatic rings. The molecule has 1 N–H and O–H groups in total. The highest BCUT2D eigenvalue weighted by Gasteiger charge is 2.40. The zero-order valence-electron chi connectivity index (χ0n) is 8.20. The first kappa shape index (κ1) is 10.2. The summed E-state index contributed by atoms with van der Waals surface area (Å²) in [6.07, 6.45) is 1.47. The molecular formula is C9H15NO3. The minimum atomic E-state index is -0.891. The number of aromatic nitrogens is 1. The molecule has 0 spiro atoms.